The smallest absolute Gasteiger partial charge is 0.228 e. The van der Waals surface area contributed by atoms with E-state index in [4.69, 9.17) is 24.4 Å². The van der Waals surface area contributed by atoms with Crippen molar-refractivity contribution in [1.29, 1.82) is 5.26 Å². The third kappa shape index (κ3) is 2.64. The van der Waals surface area contributed by atoms with Crippen LogP contribution in [0.25, 0.3) is 0 Å². The fraction of sp³-hybridized carbons (Fsp3) is 0.222. The lowest BCUT2D eigenvalue weighted by atomic mass is 9.86. The summed E-state index contributed by atoms with van der Waals surface area (Å²) in [7, 11) is 2.94. The molecule has 2 aromatic rings. The Hall–Kier alpha value is -3.44. The van der Waals surface area contributed by atoms with Crippen molar-refractivity contribution < 1.29 is 23.7 Å². The van der Waals surface area contributed by atoms with Gasteiger partial charge in [0.2, 0.25) is 17.1 Å². The highest BCUT2D eigenvalue weighted by molar-refractivity contribution is 5.59. The minimum Gasteiger partial charge on any atom is -0.496 e. The molecule has 0 amide bonds. The Labute approximate surface area is 148 Å². The van der Waals surface area contributed by atoms with Crippen LogP contribution >= 0.6 is 0 Å². The summed E-state index contributed by atoms with van der Waals surface area (Å²) in [4.78, 5) is 12.4. The van der Waals surface area contributed by atoms with E-state index in [0.29, 0.717) is 17.1 Å². The third-order valence-corrected chi connectivity index (χ3v) is 4.04. The van der Waals surface area contributed by atoms with Crippen LogP contribution < -0.4 is 25.4 Å². The number of rotatable bonds is 4. The van der Waals surface area contributed by atoms with Crippen molar-refractivity contribution >= 4 is 0 Å². The number of fused-ring (bicyclic) bond motifs is 1. The van der Waals surface area contributed by atoms with E-state index in [1.54, 1.807) is 18.2 Å². The zero-order valence-electron chi connectivity index (χ0n) is 14.1. The summed E-state index contributed by atoms with van der Waals surface area (Å²) < 4.78 is 21.8. The fourth-order valence-electron chi connectivity index (χ4n) is 2.92. The molecule has 1 aromatic heterocycles. The third-order valence-electron chi connectivity index (χ3n) is 4.04. The van der Waals surface area contributed by atoms with Crippen LogP contribution in [0.5, 0.6) is 17.2 Å². The van der Waals surface area contributed by atoms with E-state index < -0.39 is 18.0 Å². The van der Waals surface area contributed by atoms with E-state index in [1.807, 2.05) is 6.07 Å². The molecule has 3 rings (SSSR count). The molecule has 0 aliphatic carbocycles. The Bertz CT molecular complexity index is 964. The van der Waals surface area contributed by atoms with Crippen LogP contribution in [0.2, 0.25) is 0 Å². The van der Waals surface area contributed by atoms with Gasteiger partial charge in [0.15, 0.2) is 5.76 Å². The zero-order chi connectivity index (χ0) is 18.8. The Morgan fingerprint density at radius 2 is 1.96 bits per heavy atom. The molecule has 1 aliphatic rings. The van der Waals surface area contributed by atoms with E-state index in [2.05, 4.69) is 0 Å². The van der Waals surface area contributed by atoms with Gasteiger partial charge in [-0.3, -0.25) is 4.79 Å². The molecule has 3 N–H and O–H groups in total. The number of hydrogen-bond donors (Lipinski definition) is 2. The van der Waals surface area contributed by atoms with Crippen molar-refractivity contribution in [2.24, 2.45) is 5.73 Å². The maximum Gasteiger partial charge on any atom is 0.228 e. The molecule has 26 heavy (non-hydrogen) atoms. The van der Waals surface area contributed by atoms with E-state index in [-0.39, 0.29) is 28.7 Å². The monoisotopic (exact) mass is 356 g/mol. The zero-order valence-corrected chi connectivity index (χ0v) is 14.1. The Kier molecular flexibility index (Phi) is 4.56. The first-order chi connectivity index (χ1) is 12.5. The second-order valence-electron chi connectivity index (χ2n) is 5.43. The summed E-state index contributed by atoms with van der Waals surface area (Å²) in [5.41, 5.74) is 5.86. The Balaban J connectivity index is 2.39. The van der Waals surface area contributed by atoms with Crippen molar-refractivity contribution in [1.82, 2.24) is 0 Å². The molecule has 1 aliphatic heterocycles. The van der Waals surface area contributed by atoms with Gasteiger partial charge in [-0.05, 0) is 12.1 Å². The van der Waals surface area contributed by atoms with Crippen LogP contribution in [0, 0.1) is 11.3 Å². The standard InChI is InChI=1S/C18H16N2O6/c1-23-12-4-3-5-13(24-2)15(12)14-10(7-19)18(20)26-16-11(22)6-9(8-21)25-17(14)16/h3-6,14,21H,8,20H2,1-2H3/t14-/m1/s1. The van der Waals surface area contributed by atoms with Crippen molar-refractivity contribution in [3.63, 3.8) is 0 Å². The predicted octanol–water partition coefficient (Wildman–Crippen LogP) is 1.37. The highest BCUT2D eigenvalue weighted by Crippen LogP contribution is 2.47. The SMILES string of the molecule is COc1cccc(OC)c1[C@H]1C(C#N)=C(N)Oc2c1oc(CO)cc2=O. The molecule has 134 valence electrons. The maximum absolute atomic E-state index is 12.4. The molecule has 0 unspecified atom stereocenters. The summed E-state index contributed by atoms with van der Waals surface area (Å²) in [5, 5.41) is 19.0. The highest BCUT2D eigenvalue weighted by Gasteiger charge is 2.38. The first-order valence-electron chi connectivity index (χ1n) is 7.61. The van der Waals surface area contributed by atoms with Crippen LogP contribution in [-0.2, 0) is 6.61 Å². The average Bonchev–Trinajstić information content (AvgIpc) is 2.66. The number of nitrogens with zero attached hydrogens (tertiary/aromatic N) is 1. The first kappa shape index (κ1) is 17.4. The van der Waals surface area contributed by atoms with Crippen molar-refractivity contribution in [3.8, 4) is 23.3 Å². The Morgan fingerprint density at radius 3 is 2.50 bits per heavy atom. The molecule has 1 aromatic carbocycles. The summed E-state index contributed by atoms with van der Waals surface area (Å²) in [6, 6.07) is 8.20. The molecular weight excluding hydrogens is 340 g/mol. The largest absolute Gasteiger partial charge is 0.496 e. The minimum atomic E-state index is -0.894. The lowest BCUT2D eigenvalue weighted by Crippen LogP contribution is -2.26. The van der Waals surface area contributed by atoms with Gasteiger partial charge in [0, 0.05) is 6.07 Å². The van der Waals surface area contributed by atoms with Crippen molar-refractivity contribution in [3.05, 3.63) is 63.0 Å². The summed E-state index contributed by atoms with van der Waals surface area (Å²) in [6.07, 6.45) is 0. The van der Waals surface area contributed by atoms with Crippen LogP contribution in [0.3, 0.4) is 0 Å². The molecule has 2 heterocycles. The fourth-order valence-corrected chi connectivity index (χ4v) is 2.92. The van der Waals surface area contributed by atoms with E-state index in [0.717, 1.165) is 6.07 Å². The van der Waals surface area contributed by atoms with Crippen LogP contribution in [0.15, 0.2) is 44.9 Å². The van der Waals surface area contributed by atoms with Gasteiger partial charge in [0.05, 0.1) is 25.7 Å². The second kappa shape index (κ2) is 6.82. The minimum absolute atomic E-state index is 0.0361. The summed E-state index contributed by atoms with van der Waals surface area (Å²) in [6.45, 7) is -0.487. The molecule has 8 nitrogen and oxygen atoms in total. The maximum atomic E-state index is 12.4. The van der Waals surface area contributed by atoms with Crippen molar-refractivity contribution in [2.45, 2.75) is 12.5 Å². The number of aliphatic hydroxyl groups excluding tert-OH is 1. The van der Waals surface area contributed by atoms with E-state index in [1.165, 1.54) is 14.2 Å². The molecular formula is C18H16N2O6. The van der Waals surface area contributed by atoms with Crippen molar-refractivity contribution in [2.75, 3.05) is 14.2 Å². The molecule has 0 bridgehead atoms. The quantitative estimate of drug-likeness (QED) is 0.840. The van der Waals surface area contributed by atoms with Gasteiger partial charge in [0.25, 0.3) is 0 Å². The number of nitriles is 1. The molecule has 0 radical (unpaired) electrons. The molecule has 0 fully saturated rings. The van der Waals surface area contributed by atoms with E-state index in [9.17, 15) is 15.2 Å². The van der Waals surface area contributed by atoms with Gasteiger partial charge in [-0.2, -0.15) is 5.26 Å². The molecule has 1 atom stereocenters. The molecule has 0 saturated carbocycles. The second-order valence-corrected chi connectivity index (χ2v) is 5.43. The highest BCUT2D eigenvalue weighted by atomic mass is 16.5. The number of benzene rings is 1. The number of allylic oxidation sites excluding steroid dienone is 1. The van der Waals surface area contributed by atoms with Gasteiger partial charge >= 0.3 is 0 Å². The molecule has 8 heteroatoms. The number of nitrogens with two attached hydrogens (primary N) is 1. The molecule has 0 spiro atoms. The average molecular weight is 356 g/mol. The number of aliphatic hydroxyl groups is 1. The lowest BCUT2D eigenvalue weighted by molar-refractivity contribution is 0.231. The first-order valence-corrected chi connectivity index (χ1v) is 7.61. The molecule has 0 saturated heterocycles. The van der Waals surface area contributed by atoms with Crippen LogP contribution in [0.1, 0.15) is 23.0 Å². The number of methoxy groups -OCH3 is 2. The van der Waals surface area contributed by atoms with Crippen LogP contribution in [-0.4, -0.2) is 19.3 Å². The van der Waals surface area contributed by atoms with E-state index >= 15 is 0 Å². The summed E-state index contributed by atoms with van der Waals surface area (Å²) in [5.74, 6) is -0.323. The summed E-state index contributed by atoms with van der Waals surface area (Å²) >= 11 is 0. The lowest BCUT2D eigenvalue weighted by Gasteiger charge is -2.26. The van der Waals surface area contributed by atoms with Crippen LogP contribution in [0.4, 0.5) is 0 Å². The van der Waals surface area contributed by atoms with Gasteiger partial charge in [-0.15, -0.1) is 0 Å². The van der Waals surface area contributed by atoms with Gasteiger partial charge < -0.3 is 29.5 Å². The number of hydrogen-bond acceptors (Lipinski definition) is 8. The van der Waals surface area contributed by atoms with Gasteiger partial charge in [0.1, 0.15) is 35.5 Å². The normalized spacial score (nSPS) is 15.7. The Morgan fingerprint density at radius 1 is 1.31 bits per heavy atom. The van der Waals surface area contributed by atoms with Gasteiger partial charge in [-0.25, -0.2) is 0 Å². The predicted molar refractivity (Wildman–Crippen MR) is 89.7 cm³/mol. The van der Waals surface area contributed by atoms with Gasteiger partial charge in [-0.1, -0.05) is 6.07 Å². The topological polar surface area (TPSA) is 128 Å². The number of ether oxygens (including phenoxy) is 3.